The number of hydrogen-bond acceptors (Lipinski definition) is 7. The number of rotatable bonds is 11. The molecule has 9 nitrogen and oxygen atoms in total. The number of carbonyl (C=O) groups is 1. The van der Waals surface area contributed by atoms with Gasteiger partial charge in [0, 0.05) is 26.2 Å². The molecule has 0 aliphatic heterocycles. The Bertz CT molecular complexity index is 1240. The molecule has 0 unspecified atom stereocenters. The van der Waals surface area contributed by atoms with E-state index in [2.05, 4.69) is 4.98 Å². The summed E-state index contributed by atoms with van der Waals surface area (Å²) in [6.07, 6.45) is 0. The van der Waals surface area contributed by atoms with E-state index in [1.165, 1.54) is 14.1 Å². The van der Waals surface area contributed by atoms with Crippen LogP contribution < -0.4 is 4.74 Å². The largest absolute Gasteiger partial charge is 0.487 e. The second-order valence-electron chi connectivity index (χ2n) is 8.18. The molecule has 0 atom stereocenters. The molecular formula is C25H31N3O6S. The fourth-order valence-corrected chi connectivity index (χ4v) is 4.27. The summed E-state index contributed by atoms with van der Waals surface area (Å²) in [6, 6.07) is 14.9. The van der Waals surface area contributed by atoms with Gasteiger partial charge < -0.3 is 13.9 Å². The zero-order valence-electron chi connectivity index (χ0n) is 20.6. The summed E-state index contributed by atoms with van der Waals surface area (Å²) in [6.45, 7) is 5.58. The third-order valence-electron chi connectivity index (χ3n) is 5.25. The normalized spacial score (nSPS) is 11.7. The van der Waals surface area contributed by atoms with Gasteiger partial charge in [-0.25, -0.2) is 4.98 Å². The van der Waals surface area contributed by atoms with Gasteiger partial charge in [-0.1, -0.05) is 29.8 Å². The van der Waals surface area contributed by atoms with Crippen LogP contribution in [-0.4, -0.2) is 55.2 Å². The van der Waals surface area contributed by atoms with E-state index < -0.39 is 16.2 Å². The molecule has 2 aromatic carbocycles. The van der Waals surface area contributed by atoms with Crippen molar-refractivity contribution in [3.63, 3.8) is 0 Å². The highest BCUT2D eigenvalue weighted by molar-refractivity contribution is 7.86. The van der Waals surface area contributed by atoms with Crippen LogP contribution in [0.3, 0.4) is 0 Å². The average Bonchev–Trinajstić information content (AvgIpc) is 3.19. The molecule has 0 bridgehead atoms. The summed E-state index contributed by atoms with van der Waals surface area (Å²) in [5, 5.41) is 0. The minimum atomic E-state index is -3.82. The molecule has 1 aromatic heterocycles. The first-order valence-corrected chi connectivity index (χ1v) is 12.6. The van der Waals surface area contributed by atoms with Crippen LogP contribution in [0.25, 0.3) is 11.5 Å². The van der Waals surface area contributed by atoms with Gasteiger partial charge in [0.1, 0.15) is 30.4 Å². The second kappa shape index (κ2) is 11.5. The van der Waals surface area contributed by atoms with Crippen LogP contribution >= 0.6 is 0 Å². The highest BCUT2D eigenvalue weighted by Gasteiger charge is 2.27. The smallest absolute Gasteiger partial charge is 0.321 e. The van der Waals surface area contributed by atoms with Crippen molar-refractivity contribution in [1.29, 1.82) is 0 Å². The molecule has 0 aliphatic carbocycles. The molecule has 0 saturated carbocycles. The van der Waals surface area contributed by atoms with Crippen LogP contribution in [0.15, 0.2) is 52.9 Å². The van der Waals surface area contributed by atoms with Crippen LogP contribution in [0.5, 0.6) is 5.75 Å². The van der Waals surface area contributed by atoms with Crippen LogP contribution in [0, 0.1) is 13.8 Å². The number of hydrogen-bond donors (Lipinski definition) is 0. The Morgan fingerprint density at radius 1 is 1.03 bits per heavy atom. The first-order valence-electron chi connectivity index (χ1n) is 11.2. The molecule has 0 fully saturated rings. The van der Waals surface area contributed by atoms with Gasteiger partial charge in [-0.3, -0.25) is 4.79 Å². The number of benzene rings is 2. The Balaban J connectivity index is 1.66. The topological polar surface area (TPSA) is 102 Å². The van der Waals surface area contributed by atoms with Crippen molar-refractivity contribution in [2.24, 2.45) is 0 Å². The molecule has 0 saturated heterocycles. The van der Waals surface area contributed by atoms with Crippen LogP contribution in [0.4, 0.5) is 0 Å². The van der Waals surface area contributed by atoms with Crippen molar-refractivity contribution in [1.82, 2.24) is 13.6 Å². The van der Waals surface area contributed by atoms with Gasteiger partial charge in [0.2, 0.25) is 5.89 Å². The lowest BCUT2D eigenvalue weighted by atomic mass is 10.1. The zero-order valence-corrected chi connectivity index (χ0v) is 21.5. The maximum atomic E-state index is 12.7. The lowest BCUT2D eigenvalue weighted by Gasteiger charge is -2.24. The van der Waals surface area contributed by atoms with Crippen molar-refractivity contribution in [2.45, 2.75) is 33.9 Å². The average molecular weight is 502 g/mol. The van der Waals surface area contributed by atoms with Crippen molar-refractivity contribution in [3.8, 4) is 17.2 Å². The molecule has 0 radical (unpaired) electrons. The van der Waals surface area contributed by atoms with E-state index >= 15 is 0 Å². The fourth-order valence-electron chi connectivity index (χ4n) is 3.23. The molecule has 188 valence electrons. The Hall–Kier alpha value is -3.21. The number of ether oxygens (including phenoxy) is 2. The van der Waals surface area contributed by atoms with Crippen molar-refractivity contribution in [2.75, 3.05) is 27.2 Å². The summed E-state index contributed by atoms with van der Waals surface area (Å²) < 4.78 is 44.0. The molecule has 3 rings (SSSR count). The summed E-state index contributed by atoms with van der Waals surface area (Å²) in [5.74, 6) is 1.22. The fraction of sp³-hybridized carbons (Fsp3) is 0.360. The van der Waals surface area contributed by atoms with E-state index in [1.807, 2.05) is 38.1 Å². The van der Waals surface area contributed by atoms with Gasteiger partial charge in [-0.05, 0) is 50.6 Å². The van der Waals surface area contributed by atoms with E-state index in [-0.39, 0.29) is 26.3 Å². The van der Waals surface area contributed by atoms with E-state index in [9.17, 15) is 13.2 Å². The summed E-state index contributed by atoms with van der Waals surface area (Å²) >= 11 is 0. The monoisotopic (exact) mass is 501 g/mol. The molecule has 1 heterocycles. The van der Waals surface area contributed by atoms with Crippen LogP contribution in [0.1, 0.15) is 29.5 Å². The summed E-state index contributed by atoms with van der Waals surface area (Å²) in [5.41, 5.74) is 3.45. The van der Waals surface area contributed by atoms with E-state index in [0.29, 0.717) is 28.7 Å². The van der Waals surface area contributed by atoms with E-state index in [1.54, 1.807) is 31.2 Å². The van der Waals surface area contributed by atoms with E-state index in [4.69, 9.17) is 13.9 Å². The second-order valence-corrected chi connectivity index (χ2v) is 10.3. The molecule has 0 amide bonds. The Morgan fingerprint density at radius 2 is 1.69 bits per heavy atom. The maximum Gasteiger partial charge on any atom is 0.321 e. The number of carbonyl (C=O) groups excluding carboxylic acids is 1. The predicted octanol–water partition coefficient (Wildman–Crippen LogP) is 3.71. The lowest BCUT2D eigenvalue weighted by Crippen LogP contribution is -2.42. The maximum absolute atomic E-state index is 12.7. The van der Waals surface area contributed by atoms with Gasteiger partial charge in [-0.15, -0.1) is 0 Å². The number of oxazole rings is 1. The lowest BCUT2D eigenvalue weighted by molar-refractivity contribution is -0.143. The van der Waals surface area contributed by atoms with E-state index in [0.717, 1.165) is 19.7 Å². The zero-order chi connectivity index (χ0) is 25.6. The number of aromatic nitrogens is 1. The molecule has 10 heteroatoms. The predicted molar refractivity (Wildman–Crippen MR) is 132 cm³/mol. The van der Waals surface area contributed by atoms with Crippen LogP contribution in [-0.2, 0) is 32.9 Å². The highest BCUT2D eigenvalue weighted by atomic mass is 32.2. The highest BCUT2D eigenvalue weighted by Crippen LogP contribution is 2.23. The van der Waals surface area contributed by atoms with Crippen molar-refractivity contribution in [3.05, 3.63) is 71.1 Å². The SMILES string of the molecule is CCOC(=O)CN(Cc1ccc(OCc2nc(-c3ccc(C)cc3)oc2C)cc1)S(=O)(=O)N(C)C. The number of nitrogens with zero attached hydrogens (tertiary/aromatic N) is 3. The summed E-state index contributed by atoms with van der Waals surface area (Å²) in [7, 11) is -0.984. The number of aryl methyl sites for hydroxylation is 2. The first kappa shape index (κ1) is 26.4. The van der Waals surface area contributed by atoms with Gasteiger partial charge in [0.25, 0.3) is 10.2 Å². The minimum Gasteiger partial charge on any atom is -0.487 e. The van der Waals surface area contributed by atoms with Gasteiger partial charge >= 0.3 is 5.97 Å². The summed E-state index contributed by atoms with van der Waals surface area (Å²) in [4.78, 5) is 16.5. The van der Waals surface area contributed by atoms with Gasteiger partial charge in [0.15, 0.2) is 0 Å². The third kappa shape index (κ3) is 6.91. The molecule has 0 spiro atoms. The Kier molecular flexibility index (Phi) is 8.66. The van der Waals surface area contributed by atoms with Crippen LogP contribution in [0.2, 0.25) is 0 Å². The third-order valence-corrected chi connectivity index (χ3v) is 7.08. The van der Waals surface area contributed by atoms with Gasteiger partial charge in [0.05, 0.1) is 6.61 Å². The molecule has 35 heavy (non-hydrogen) atoms. The van der Waals surface area contributed by atoms with Crippen molar-refractivity contribution < 1.29 is 27.1 Å². The molecular weight excluding hydrogens is 470 g/mol. The minimum absolute atomic E-state index is 0.0158. The first-order chi connectivity index (χ1) is 16.6. The Labute approximate surface area is 206 Å². The number of esters is 1. The standard InChI is InChI=1S/C25H31N3O6S/c1-6-32-24(29)16-28(35(30,31)27(4)5)15-20-9-13-22(14-10-20)33-17-23-19(3)34-25(26-23)21-11-7-18(2)8-12-21/h7-14H,6,15-17H2,1-5H3. The molecule has 3 aromatic rings. The molecule has 0 N–H and O–H groups in total. The Morgan fingerprint density at radius 3 is 2.29 bits per heavy atom. The van der Waals surface area contributed by atoms with Crippen molar-refractivity contribution >= 4 is 16.2 Å². The molecule has 0 aliphatic rings. The van der Waals surface area contributed by atoms with Gasteiger partial charge in [-0.2, -0.15) is 17.0 Å². The quantitative estimate of drug-likeness (QED) is 0.369.